The molecule has 0 bridgehead atoms. The van der Waals surface area contributed by atoms with Crippen LogP contribution in [0.1, 0.15) is 43.7 Å². The van der Waals surface area contributed by atoms with Crippen LogP contribution in [0.3, 0.4) is 0 Å². The molecule has 0 unspecified atom stereocenters. The average molecular weight is 581 g/mol. The number of nitrogens with zero attached hydrogens (tertiary/aromatic N) is 5. The first kappa shape index (κ1) is 28.5. The van der Waals surface area contributed by atoms with E-state index in [9.17, 15) is 23.8 Å². The number of esters is 1. The zero-order chi connectivity index (χ0) is 28.4. The molecule has 3 aromatic rings. The molecule has 0 saturated heterocycles. The molecule has 0 amide bonds. The summed E-state index contributed by atoms with van der Waals surface area (Å²) in [7, 11) is 0. The van der Waals surface area contributed by atoms with E-state index in [4.69, 9.17) is 14.6 Å². The molecular weight excluding hydrogens is 550 g/mol. The van der Waals surface area contributed by atoms with E-state index < -0.39 is 48.6 Å². The molecule has 216 valence electrons. The van der Waals surface area contributed by atoms with Gasteiger partial charge in [-0.2, -0.15) is 0 Å². The van der Waals surface area contributed by atoms with E-state index >= 15 is 0 Å². The fraction of sp³-hybridized carbons (Fsp3) is 0.560. The molecule has 0 aliphatic heterocycles. The average Bonchev–Trinajstić information content (AvgIpc) is 3.49. The molecule has 1 aromatic carbocycles. The van der Waals surface area contributed by atoms with Crippen LogP contribution in [0.4, 0.5) is 14.6 Å². The van der Waals surface area contributed by atoms with Crippen molar-refractivity contribution in [2.45, 2.75) is 67.7 Å². The van der Waals surface area contributed by atoms with Crippen LogP contribution in [0.5, 0.6) is 0 Å². The topological polar surface area (TPSA) is 165 Å². The van der Waals surface area contributed by atoms with Gasteiger partial charge in [0.15, 0.2) is 33.8 Å². The maximum absolute atomic E-state index is 13.8. The Hall–Kier alpha value is -2.98. The van der Waals surface area contributed by atoms with E-state index in [2.05, 4.69) is 25.6 Å². The number of nitrogens with one attached hydrogen (secondary N) is 1. The van der Waals surface area contributed by atoms with Gasteiger partial charge in [0.05, 0.1) is 18.8 Å². The van der Waals surface area contributed by atoms with Crippen molar-refractivity contribution in [2.24, 2.45) is 0 Å². The van der Waals surface area contributed by atoms with Gasteiger partial charge in [-0.25, -0.2) is 28.2 Å². The monoisotopic (exact) mass is 580 g/mol. The van der Waals surface area contributed by atoms with Gasteiger partial charge in [0.25, 0.3) is 0 Å². The molecule has 2 fully saturated rings. The first-order chi connectivity index (χ1) is 19.3. The fourth-order valence-electron chi connectivity index (χ4n) is 4.79. The normalized spacial score (nSPS) is 25.9. The summed E-state index contributed by atoms with van der Waals surface area (Å²) >= 11 is 1.44. The summed E-state index contributed by atoms with van der Waals surface area (Å²) in [6, 6.07) is 3.05. The minimum absolute atomic E-state index is 0.0318. The fourth-order valence-corrected chi connectivity index (χ4v) is 5.48. The largest absolute Gasteiger partial charge is 0.462 e. The zero-order valence-corrected chi connectivity index (χ0v) is 22.4. The molecular formula is C25H30F2N6O6S. The van der Waals surface area contributed by atoms with E-state index in [1.165, 1.54) is 22.5 Å². The lowest BCUT2D eigenvalue weighted by atomic mass is 10.1. The number of thioether (sulfide) groups is 1. The third kappa shape index (κ3) is 6.02. The number of aliphatic hydroxyl groups is 3. The highest BCUT2D eigenvalue weighted by molar-refractivity contribution is 7.99. The number of carbonyl (C=O) groups is 1. The lowest BCUT2D eigenvalue weighted by molar-refractivity contribution is -0.154. The van der Waals surface area contributed by atoms with Crippen molar-refractivity contribution >= 4 is 34.7 Å². The Morgan fingerprint density at radius 1 is 1.20 bits per heavy atom. The second kappa shape index (κ2) is 12.3. The van der Waals surface area contributed by atoms with Crippen LogP contribution < -0.4 is 5.32 Å². The number of carbonyl (C=O) groups excluding carboxylic acids is 1. The highest BCUT2D eigenvalue weighted by atomic mass is 32.2. The van der Waals surface area contributed by atoms with Crippen LogP contribution in [0.2, 0.25) is 0 Å². The van der Waals surface area contributed by atoms with Gasteiger partial charge in [-0.05, 0) is 30.5 Å². The van der Waals surface area contributed by atoms with Gasteiger partial charge in [0.1, 0.15) is 25.4 Å². The van der Waals surface area contributed by atoms with Crippen LogP contribution in [-0.2, 0) is 14.3 Å². The number of aromatic nitrogens is 5. The van der Waals surface area contributed by atoms with E-state index in [-0.39, 0.29) is 31.6 Å². The molecule has 2 saturated carbocycles. The predicted octanol–water partition coefficient (Wildman–Crippen LogP) is 1.56. The highest BCUT2D eigenvalue weighted by Gasteiger charge is 2.45. The molecule has 0 radical (unpaired) electrons. The van der Waals surface area contributed by atoms with Gasteiger partial charge >= 0.3 is 5.97 Å². The molecule has 2 heterocycles. The number of anilines is 1. The second-order valence-corrected chi connectivity index (χ2v) is 10.8. The summed E-state index contributed by atoms with van der Waals surface area (Å²) in [6.45, 7) is 1.10. The lowest BCUT2D eigenvalue weighted by Gasteiger charge is -2.17. The number of hydrogen-bond acceptors (Lipinski definition) is 12. The van der Waals surface area contributed by atoms with Crippen molar-refractivity contribution in [1.82, 2.24) is 25.0 Å². The Balaban J connectivity index is 1.36. The van der Waals surface area contributed by atoms with Crippen molar-refractivity contribution in [1.29, 1.82) is 0 Å². The third-order valence-corrected chi connectivity index (χ3v) is 7.96. The Morgan fingerprint density at radius 2 is 2.02 bits per heavy atom. The first-order valence-electron chi connectivity index (χ1n) is 13.0. The van der Waals surface area contributed by atoms with Crippen molar-refractivity contribution in [2.75, 3.05) is 30.9 Å². The maximum Gasteiger partial charge on any atom is 0.332 e. The Bertz CT molecular complexity index is 1360. The van der Waals surface area contributed by atoms with Crippen molar-refractivity contribution in [3.05, 3.63) is 35.4 Å². The number of halogens is 2. The predicted molar refractivity (Wildman–Crippen MR) is 139 cm³/mol. The second-order valence-electron chi connectivity index (χ2n) is 9.75. The SMILES string of the molecule is CCCSc1nc(N[C@@H]2C[C@@H]2c2ccc(F)c(F)c2)c2nnn([C@@H]3C[C@H](OCC(=O)OCCO)[C@@H](O)[C@H]3O)c2n1. The van der Waals surface area contributed by atoms with E-state index in [0.29, 0.717) is 34.1 Å². The summed E-state index contributed by atoms with van der Waals surface area (Å²) in [5.41, 5.74) is 1.39. The summed E-state index contributed by atoms with van der Waals surface area (Å²) in [6.07, 6.45) is -1.75. The van der Waals surface area contributed by atoms with Gasteiger partial charge in [0.2, 0.25) is 0 Å². The molecule has 6 atom stereocenters. The van der Waals surface area contributed by atoms with Gasteiger partial charge in [-0.3, -0.25) is 0 Å². The summed E-state index contributed by atoms with van der Waals surface area (Å²) in [4.78, 5) is 21.0. The first-order valence-corrected chi connectivity index (χ1v) is 14.0. The van der Waals surface area contributed by atoms with Crippen molar-refractivity contribution < 1.29 is 38.4 Å². The van der Waals surface area contributed by atoms with E-state index in [1.807, 2.05) is 6.92 Å². The van der Waals surface area contributed by atoms with Crippen LogP contribution in [-0.4, -0.2) is 96.2 Å². The van der Waals surface area contributed by atoms with E-state index in [0.717, 1.165) is 18.2 Å². The molecule has 0 spiro atoms. The molecule has 4 N–H and O–H groups in total. The number of aliphatic hydroxyl groups excluding tert-OH is 3. The number of ether oxygens (including phenoxy) is 2. The summed E-state index contributed by atoms with van der Waals surface area (Å²) < 4.78 is 38.8. The molecule has 2 aliphatic carbocycles. The zero-order valence-electron chi connectivity index (χ0n) is 21.6. The Morgan fingerprint density at radius 3 is 2.77 bits per heavy atom. The molecule has 12 nitrogen and oxygen atoms in total. The summed E-state index contributed by atoms with van der Waals surface area (Å²) in [5.74, 6) is -1.33. The van der Waals surface area contributed by atoms with Crippen molar-refractivity contribution in [3.63, 3.8) is 0 Å². The third-order valence-electron chi connectivity index (χ3n) is 6.91. The number of benzene rings is 1. The molecule has 2 aliphatic rings. The van der Waals surface area contributed by atoms with E-state index in [1.54, 1.807) is 6.07 Å². The lowest BCUT2D eigenvalue weighted by Crippen LogP contribution is -2.34. The molecule has 15 heteroatoms. The highest BCUT2D eigenvalue weighted by Crippen LogP contribution is 2.44. The smallest absolute Gasteiger partial charge is 0.332 e. The number of rotatable bonds is 12. The summed E-state index contributed by atoms with van der Waals surface area (Å²) in [5, 5.41) is 42.5. The maximum atomic E-state index is 13.8. The standard InChI is InChI=1S/C25H30F2N6O6S/c1-2-7-40-25-29-23(28-16-9-13(16)12-3-4-14(26)15(27)8-12)20-24(30-25)33(32-31-20)17-10-18(22(37)21(17)36)39-11-19(35)38-6-5-34/h3-4,8,13,16-18,21-22,34,36-37H,2,5-7,9-11H2,1H3,(H,28,29,30)/t13-,16-,17-,18+,21+,22-/m1/s1. The van der Waals surface area contributed by atoms with Gasteiger partial charge in [-0.1, -0.05) is 30.0 Å². The van der Waals surface area contributed by atoms with Crippen LogP contribution >= 0.6 is 11.8 Å². The molecule has 40 heavy (non-hydrogen) atoms. The minimum atomic E-state index is -1.30. The number of hydrogen-bond donors (Lipinski definition) is 4. The Kier molecular flexibility index (Phi) is 8.75. The van der Waals surface area contributed by atoms with Gasteiger partial charge in [-0.15, -0.1) is 5.10 Å². The van der Waals surface area contributed by atoms with Gasteiger partial charge < -0.3 is 30.1 Å². The van der Waals surface area contributed by atoms with Crippen LogP contribution in [0.15, 0.2) is 23.4 Å². The van der Waals surface area contributed by atoms with Crippen LogP contribution in [0.25, 0.3) is 11.2 Å². The molecule has 2 aromatic heterocycles. The molecule has 5 rings (SSSR count). The van der Waals surface area contributed by atoms with Gasteiger partial charge in [0, 0.05) is 24.1 Å². The van der Waals surface area contributed by atoms with Crippen molar-refractivity contribution in [3.8, 4) is 0 Å². The quantitative estimate of drug-likeness (QED) is 0.139. The van der Waals surface area contributed by atoms with Crippen LogP contribution in [0, 0.1) is 11.6 Å². The minimum Gasteiger partial charge on any atom is -0.462 e. The number of fused-ring (bicyclic) bond motifs is 1. The Labute approximate surface area is 232 Å².